The third kappa shape index (κ3) is 4.98. The number of rotatable bonds is 4. The van der Waals surface area contributed by atoms with Gasteiger partial charge < -0.3 is 15.7 Å². The first-order valence-corrected chi connectivity index (χ1v) is 13.7. The predicted octanol–water partition coefficient (Wildman–Crippen LogP) is 5.91. The van der Waals surface area contributed by atoms with Crippen LogP contribution in [0.3, 0.4) is 0 Å². The summed E-state index contributed by atoms with van der Waals surface area (Å²) in [6.45, 7) is 1.50. The fourth-order valence-corrected chi connectivity index (χ4v) is 6.38. The minimum atomic E-state index is -4.56. The number of nitrogen functional groups attached to an aromatic ring is 1. The van der Waals surface area contributed by atoms with Crippen LogP contribution in [0.15, 0.2) is 60.9 Å². The second-order valence-corrected chi connectivity index (χ2v) is 11.3. The van der Waals surface area contributed by atoms with E-state index >= 15 is 0 Å². The smallest absolute Gasteiger partial charge is 0.382 e. The molecular weight excluding hydrogens is 576 g/mol. The lowest BCUT2D eigenvalue weighted by molar-refractivity contribution is -0.182. The zero-order chi connectivity index (χ0) is 30.9. The van der Waals surface area contributed by atoms with Crippen molar-refractivity contribution >= 4 is 17.2 Å². The van der Waals surface area contributed by atoms with Crippen molar-refractivity contribution in [3.63, 3.8) is 0 Å². The highest BCUT2D eigenvalue weighted by Crippen LogP contribution is 2.45. The molecule has 1 amide bonds. The number of carbonyl (C=O) groups is 1. The van der Waals surface area contributed by atoms with Crippen LogP contribution in [0, 0.1) is 5.92 Å². The Morgan fingerprint density at radius 2 is 1.67 bits per heavy atom. The third-order valence-electron chi connectivity index (χ3n) is 8.68. The van der Waals surface area contributed by atoms with Gasteiger partial charge in [-0.05, 0) is 43.0 Å². The number of aliphatic hydroxyl groups is 1. The highest BCUT2D eigenvalue weighted by Gasteiger charge is 2.55. The molecule has 43 heavy (non-hydrogen) atoms. The second-order valence-electron chi connectivity index (χ2n) is 11.3. The van der Waals surface area contributed by atoms with E-state index in [-0.39, 0.29) is 30.3 Å². The average molecular weight is 604 g/mol. The first-order valence-electron chi connectivity index (χ1n) is 13.7. The van der Waals surface area contributed by atoms with Crippen LogP contribution in [0.2, 0.25) is 0 Å². The van der Waals surface area contributed by atoms with E-state index in [1.807, 2.05) is 0 Å². The summed E-state index contributed by atoms with van der Waals surface area (Å²) in [6, 6.07) is 10.1. The average Bonchev–Trinajstić information content (AvgIpc) is 3.52. The normalized spacial score (nSPS) is 22.6. The monoisotopic (exact) mass is 603 g/mol. The van der Waals surface area contributed by atoms with Crippen LogP contribution >= 0.6 is 0 Å². The zero-order valence-corrected chi connectivity index (χ0v) is 22.8. The molecule has 7 nitrogen and oxygen atoms in total. The van der Waals surface area contributed by atoms with Crippen molar-refractivity contribution in [3.05, 3.63) is 83.4 Å². The number of nitrogens with zero attached hydrogens (tertiary/aromatic N) is 4. The minimum Gasteiger partial charge on any atom is -0.382 e. The molecule has 4 aromatic rings. The largest absolute Gasteiger partial charge is 0.416 e. The molecule has 13 heteroatoms. The molecule has 0 aliphatic carbocycles. The highest BCUT2D eigenvalue weighted by molar-refractivity contribution is 5.85. The molecule has 2 aromatic carbocycles. The molecule has 2 aliphatic heterocycles. The number of anilines is 1. The lowest BCUT2D eigenvalue weighted by atomic mass is 9.86. The Morgan fingerprint density at radius 1 is 0.977 bits per heavy atom. The number of aromatic nitrogens is 3. The Morgan fingerprint density at radius 3 is 2.35 bits per heavy atom. The van der Waals surface area contributed by atoms with Crippen LogP contribution in [0.5, 0.6) is 0 Å². The van der Waals surface area contributed by atoms with Gasteiger partial charge in [-0.1, -0.05) is 36.4 Å². The van der Waals surface area contributed by atoms with Crippen LogP contribution in [0.1, 0.15) is 54.6 Å². The number of alkyl halides is 6. The van der Waals surface area contributed by atoms with Gasteiger partial charge in [-0.15, -0.1) is 0 Å². The molecule has 2 saturated heterocycles. The van der Waals surface area contributed by atoms with E-state index in [9.17, 15) is 36.2 Å². The molecule has 0 saturated carbocycles. The van der Waals surface area contributed by atoms with E-state index < -0.39 is 47.8 Å². The van der Waals surface area contributed by atoms with Crippen molar-refractivity contribution in [1.82, 2.24) is 19.3 Å². The number of hydrogen-bond acceptors (Lipinski definition) is 5. The van der Waals surface area contributed by atoms with E-state index in [2.05, 4.69) is 4.98 Å². The van der Waals surface area contributed by atoms with E-state index in [4.69, 9.17) is 10.7 Å². The number of benzene rings is 2. The maximum atomic E-state index is 13.6. The predicted molar refractivity (Wildman–Crippen MR) is 145 cm³/mol. The van der Waals surface area contributed by atoms with Crippen molar-refractivity contribution in [2.45, 2.75) is 56.1 Å². The summed E-state index contributed by atoms with van der Waals surface area (Å²) >= 11 is 0. The summed E-state index contributed by atoms with van der Waals surface area (Å²) in [6.07, 6.45) is -5.86. The van der Waals surface area contributed by atoms with Crippen molar-refractivity contribution in [3.8, 4) is 11.3 Å². The summed E-state index contributed by atoms with van der Waals surface area (Å²) < 4.78 is 82.2. The lowest BCUT2D eigenvalue weighted by Gasteiger charge is -2.37. The maximum absolute atomic E-state index is 13.6. The second kappa shape index (κ2) is 9.97. The molecule has 3 N–H and O–H groups in total. The molecule has 226 valence electrons. The van der Waals surface area contributed by atoms with Gasteiger partial charge in [-0.25, -0.2) is 9.97 Å². The lowest BCUT2D eigenvalue weighted by Crippen LogP contribution is -2.45. The van der Waals surface area contributed by atoms with Gasteiger partial charge in [0, 0.05) is 42.9 Å². The Labute approximate surface area is 242 Å². The number of amides is 1. The quantitative estimate of drug-likeness (QED) is 0.283. The van der Waals surface area contributed by atoms with Gasteiger partial charge in [0.15, 0.2) is 0 Å². The first kappa shape index (κ1) is 29.0. The van der Waals surface area contributed by atoms with Gasteiger partial charge in [0.25, 0.3) is 0 Å². The number of carbonyl (C=O) groups excluding carboxylic acids is 1. The SMILES string of the molecule is CC(O)(c1ccc(-c2nc([C@@H]3CC[C@@H]4C(C(F)(F)F)CC(=O)N4C3)n3ccnc(N)c23)cc1)c1cccc(C(F)(F)F)c1. The van der Waals surface area contributed by atoms with Crippen LogP contribution in [0.4, 0.5) is 32.2 Å². The molecule has 2 unspecified atom stereocenters. The highest BCUT2D eigenvalue weighted by atomic mass is 19.4. The number of hydrogen-bond donors (Lipinski definition) is 2. The van der Waals surface area contributed by atoms with Gasteiger partial charge in [-0.3, -0.25) is 9.20 Å². The van der Waals surface area contributed by atoms with Crippen LogP contribution in [0.25, 0.3) is 16.8 Å². The van der Waals surface area contributed by atoms with Gasteiger partial charge in [0.2, 0.25) is 5.91 Å². The molecule has 2 aliphatic rings. The molecule has 0 bridgehead atoms. The van der Waals surface area contributed by atoms with E-state index in [1.54, 1.807) is 34.9 Å². The van der Waals surface area contributed by atoms with Crippen molar-refractivity contribution in [1.29, 1.82) is 0 Å². The zero-order valence-electron chi connectivity index (χ0n) is 22.8. The van der Waals surface area contributed by atoms with Crippen molar-refractivity contribution in [2.75, 3.05) is 12.3 Å². The van der Waals surface area contributed by atoms with Gasteiger partial charge in [-0.2, -0.15) is 26.3 Å². The summed E-state index contributed by atoms with van der Waals surface area (Å²) in [5, 5.41) is 11.2. The topological polar surface area (TPSA) is 96.8 Å². The Hall–Kier alpha value is -4.13. The molecule has 2 fully saturated rings. The van der Waals surface area contributed by atoms with E-state index in [0.717, 1.165) is 12.1 Å². The number of piperidine rings is 1. The minimum absolute atomic E-state index is 0.0677. The van der Waals surface area contributed by atoms with E-state index in [1.165, 1.54) is 30.2 Å². The molecular formula is C30H27F6N5O2. The standard InChI is InChI=1S/C30H27F6N5O2/c1-28(43,19-3-2-4-20(13-19)29(31,32)33)18-8-5-16(6-9-18)24-25-26(37)38-11-12-40(25)27(39-24)17-7-10-22-21(30(34,35)36)14-23(42)41(22)15-17/h2-6,8-9,11-13,17,21-22,43H,7,10,14-15H2,1H3,(H2,37,38)/t17-,21?,22-,28?/m1/s1. The van der Waals surface area contributed by atoms with Crippen molar-refractivity contribution in [2.24, 2.45) is 5.92 Å². The van der Waals surface area contributed by atoms with E-state index in [0.29, 0.717) is 34.6 Å². The molecule has 6 rings (SSSR count). The summed E-state index contributed by atoms with van der Waals surface area (Å²) in [7, 11) is 0. The molecule has 2 aromatic heterocycles. The summed E-state index contributed by atoms with van der Waals surface area (Å²) in [4.78, 5) is 22.9. The maximum Gasteiger partial charge on any atom is 0.416 e. The summed E-state index contributed by atoms with van der Waals surface area (Å²) in [5.41, 5.74) is 5.53. The number of fused-ring (bicyclic) bond motifs is 2. The van der Waals surface area contributed by atoms with Gasteiger partial charge >= 0.3 is 12.4 Å². The number of imidazole rings is 1. The molecule has 0 radical (unpaired) electrons. The van der Waals surface area contributed by atoms with Gasteiger partial charge in [0.1, 0.15) is 28.5 Å². The fourth-order valence-electron chi connectivity index (χ4n) is 6.38. The number of nitrogens with two attached hydrogens (primary N) is 1. The Kier molecular flexibility index (Phi) is 6.71. The fraction of sp³-hybridized carbons (Fsp3) is 0.367. The Balaban J connectivity index is 1.33. The van der Waals surface area contributed by atoms with Crippen LogP contribution in [-0.2, 0) is 16.6 Å². The van der Waals surface area contributed by atoms with Crippen molar-refractivity contribution < 1.29 is 36.2 Å². The first-order chi connectivity index (χ1) is 20.2. The van der Waals surface area contributed by atoms with Crippen LogP contribution < -0.4 is 5.73 Å². The Bertz CT molecular complexity index is 1700. The molecule has 4 atom stereocenters. The number of halogens is 6. The van der Waals surface area contributed by atoms with Gasteiger partial charge in [0.05, 0.1) is 11.5 Å². The third-order valence-corrected chi connectivity index (χ3v) is 8.68. The molecule has 0 spiro atoms. The van der Waals surface area contributed by atoms with Crippen LogP contribution in [-0.4, -0.2) is 49.0 Å². The summed E-state index contributed by atoms with van der Waals surface area (Å²) in [5.74, 6) is -1.86. The molecule has 4 heterocycles.